The number of carbonyl (C=O) groups is 1. The fraction of sp³-hybridized carbons (Fsp3) is 0.417. The second-order valence-corrected chi connectivity index (χ2v) is 8.41. The molecule has 1 aliphatic carbocycles. The molecule has 1 aliphatic heterocycles. The van der Waals surface area contributed by atoms with Crippen molar-refractivity contribution in [1.82, 2.24) is 15.3 Å². The van der Waals surface area contributed by atoms with E-state index in [1.54, 1.807) is 0 Å². The Bertz CT molecular complexity index is 1010. The summed E-state index contributed by atoms with van der Waals surface area (Å²) in [5, 5.41) is 3.09. The largest absolute Gasteiger partial charge is 0.482 e. The SMILES string of the molecule is CC1Oc2ccccc2OC1C(=O)NCC1CCC(c2nc3ccccc3[nH]2)CC1. The predicted molar refractivity (Wildman–Crippen MR) is 115 cm³/mol. The van der Waals surface area contributed by atoms with Gasteiger partial charge in [0.25, 0.3) is 5.91 Å². The molecule has 0 radical (unpaired) electrons. The van der Waals surface area contributed by atoms with E-state index in [0.717, 1.165) is 42.5 Å². The monoisotopic (exact) mass is 405 g/mol. The first-order valence-corrected chi connectivity index (χ1v) is 10.8. The average molecular weight is 405 g/mol. The molecule has 1 saturated carbocycles. The van der Waals surface area contributed by atoms with Gasteiger partial charge in [-0.1, -0.05) is 24.3 Å². The molecule has 1 amide bonds. The highest BCUT2D eigenvalue weighted by atomic mass is 16.6. The third-order valence-corrected chi connectivity index (χ3v) is 6.31. The van der Waals surface area contributed by atoms with Crippen molar-refractivity contribution in [3.63, 3.8) is 0 Å². The summed E-state index contributed by atoms with van der Waals surface area (Å²) in [6.45, 7) is 2.55. The number of aromatic nitrogens is 2. The van der Waals surface area contributed by atoms with E-state index in [0.29, 0.717) is 29.9 Å². The van der Waals surface area contributed by atoms with E-state index in [9.17, 15) is 4.79 Å². The van der Waals surface area contributed by atoms with E-state index >= 15 is 0 Å². The molecule has 2 heterocycles. The van der Waals surface area contributed by atoms with Crippen LogP contribution in [0.2, 0.25) is 0 Å². The number of rotatable bonds is 4. The molecule has 30 heavy (non-hydrogen) atoms. The molecule has 2 aromatic carbocycles. The van der Waals surface area contributed by atoms with Crippen LogP contribution in [0, 0.1) is 5.92 Å². The molecule has 0 bridgehead atoms. The zero-order valence-electron chi connectivity index (χ0n) is 17.1. The van der Waals surface area contributed by atoms with Crippen LogP contribution in [-0.4, -0.2) is 34.6 Å². The van der Waals surface area contributed by atoms with Crippen molar-refractivity contribution in [2.75, 3.05) is 6.54 Å². The minimum Gasteiger partial charge on any atom is -0.482 e. The van der Waals surface area contributed by atoms with Gasteiger partial charge < -0.3 is 19.8 Å². The third kappa shape index (κ3) is 3.74. The minimum absolute atomic E-state index is 0.101. The summed E-state index contributed by atoms with van der Waals surface area (Å²) in [5.41, 5.74) is 2.14. The van der Waals surface area contributed by atoms with Gasteiger partial charge in [0.05, 0.1) is 11.0 Å². The lowest BCUT2D eigenvalue weighted by molar-refractivity contribution is -0.133. The van der Waals surface area contributed by atoms with Gasteiger partial charge in [-0.05, 0) is 62.8 Å². The number of amides is 1. The van der Waals surface area contributed by atoms with Crippen LogP contribution in [0.5, 0.6) is 11.5 Å². The first kappa shape index (κ1) is 19.0. The molecule has 2 unspecified atom stereocenters. The van der Waals surface area contributed by atoms with E-state index < -0.39 is 6.10 Å². The molecule has 1 fully saturated rings. The zero-order chi connectivity index (χ0) is 20.5. The molecule has 0 saturated heterocycles. The second-order valence-electron chi connectivity index (χ2n) is 8.41. The number of benzene rings is 2. The van der Waals surface area contributed by atoms with E-state index in [1.807, 2.05) is 49.4 Å². The van der Waals surface area contributed by atoms with Crippen LogP contribution in [0.4, 0.5) is 0 Å². The van der Waals surface area contributed by atoms with Crippen molar-refractivity contribution in [3.05, 3.63) is 54.4 Å². The number of carbonyl (C=O) groups excluding carboxylic acids is 1. The maximum absolute atomic E-state index is 12.7. The van der Waals surface area contributed by atoms with E-state index in [-0.39, 0.29) is 12.0 Å². The molecule has 5 rings (SSSR count). The fourth-order valence-corrected chi connectivity index (χ4v) is 4.56. The Morgan fingerprint density at radius 2 is 1.73 bits per heavy atom. The number of H-pyrrole nitrogens is 1. The van der Waals surface area contributed by atoms with Crippen molar-refractivity contribution in [2.24, 2.45) is 5.92 Å². The van der Waals surface area contributed by atoms with Crippen LogP contribution in [-0.2, 0) is 4.79 Å². The van der Waals surface area contributed by atoms with Gasteiger partial charge in [0, 0.05) is 12.5 Å². The van der Waals surface area contributed by atoms with Gasteiger partial charge >= 0.3 is 0 Å². The van der Waals surface area contributed by atoms with Crippen LogP contribution >= 0.6 is 0 Å². The average Bonchev–Trinajstić information content (AvgIpc) is 3.21. The summed E-state index contributed by atoms with van der Waals surface area (Å²) >= 11 is 0. The minimum atomic E-state index is -0.619. The molecule has 3 aromatic rings. The van der Waals surface area contributed by atoms with Gasteiger partial charge in [-0.2, -0.15) is 0 Å². The zero-order valence-corrected chi connectivity index (χ0v) is 17.1. The van der Waals surface area contributed by atoms with E-state index in [2.05, 4.69) is 16.4 Å². The molecule has 2 atom stereocenters. The number of nitrogens with one attached hydrogen (secondary N) is 2. The number of hydrogen-bond donors (Lipinski definition) is 2. The second kappa shape index (κ2) is 8.01. The Labute approximate surface area is 176 Å². The Balaban J connectivity index is 1.13. The first-order chi connectivity index (χ1) is 14.7. The molecular formula is C24H27N3O3. The van der Waals surface area contributed by atoms with Crippen molar-refractivity contribution in [3.8, 4) is 11.5 Å². The van der Waals surface area contributed by atoms with Gasteiger partial charge in [-0.25, -0.2) is 4.98 Å². The molecule has 156 valence electrons. The Morgan fingerprint density at radius 1 is 1.03 bits per heavy atom. The van der Waals surface area contributed by atoms with Gasteiger partial charge in [-0.3, -0.25) is 4.79 Å². The highest BCUT2D eigenvalue weighted by Crippen LogP contribution is 2.36. The Kier molecular flexibility index (Phi) is 5.07. The van der Waals surface area contributed by atoms with Crippen molar-refractivity contribution < 1.29 is 14.3 Å². The summed E-state index contributed by atoms with van der Waals surface area (Å²) in [6, 6.07) is 15.7. The lowest BCUT2D eigenvalue weighted by Gasteiger charge is -2.32. The number of para-hydroxylation sites is 4. The maximum atomic E-state index is 12.7. The standard InChI is InChI=1S/C24H27N3O3/c1-15-22(30-21-9-5-4-8-20(21)29-15)24(28)25-14-16-10-12-17(13-11-16)23-26-18-6-2-3-7-19(18)27-23/h2-9,15-17,22H,10-14H2,1H3,(H,25,28)(H,26,27). The normalized spacial score (nSPS) is 25.8. The van der Waals surface area contributed by atoms with E-state index in [4.69, 9.17) is 14.5 Å². The molecule has 1 aromatic heterocycles. The topological polar surface area (TPSA) is 76.2 Å². The summed E-state index contributed by atoms with van der Waals surface area (Å²) in [5.74, 6) is 3.27. The number of aromatic amines is 1. The Hall–Kier alpha value is -3.02. The number of fused-ring (bicyclic) bond motifs is 2. The van der Waals surface area contributed by atoms with Crippen LogP contribution in [0.25, 0.3) is 11.0 Å². The van der Waals surface area contributed by atoms with Gasteiger partial charge in [0.15, 0.2) is 11.5 Å². The molecule has 2 aliphatic rings. The quantitative estimate of drug-likeness (QED) is 0.683. The molecule has 0 spiro atoms. The molecule has 2 N–H and O–H groups in total. The van der Waals surface area contributed by atoms with Crippen LogP contribution in [0.1, 0.15) is 44.3 Å². The molecule has 6 nitrogen and oxygen atoms in total. The lowest BCUT2D eigenvalue weighted by atomic mass is 9.81. The van der Waals surface area contributed by atoms with Crippen molar-refractivity contribution >= 4 is 16.9 Å². The number of nitrogens with zero attached hydrogens (tertiary/aromatic N) is 1. The smallest absolute Gasteiger partial charge is 0.265 e. The summed E-state index contributed by atoms with van der Waals surface area (Å²) in [7, 11) is 0. The third-order valence-electron chi connectivity index (χ3n) is 6.31. The first-order valence-electron chi connectivity index (χ1n) is 10.8. The van der Waals surface area contributed by atoms with Crippen molar-refractivity contribution in [2.45, 2.75) is 50.7 Å². The van der Waals surface area contributed by atoms with Crippen LogP contribution < -0.4 is 14.8 Å². The van der Waals surface area contributed by atoms with E-state index in [1.165, 1.54) is 0 Å². The molecular weight excluding hydrogens is 378 g/mol. The van der Waals surface area contributed by atoms with Crippen LogP contribution in [0.3, 0.4) is 0 Å². The lowest BCUT2D eigenvalue weighted by Crippen LogP contribution is -2.50. The summed E-state index contributed by atoms with van der Waals surface area (Å²) in [4.78, 5) is 21.0. The maximum Gasteiger partial charge on any atom is 0.265 e. The fourth-order valence-electron chi connectivity index (χ4n) is 4.56. The number of imidazole rings is 1. The highest BCUT2D eigenvalue weighted by Gasteiger charge is 2.34. The van der Waals surface area contributed by atoms with Gasteiger partial charge in [-0.15, -0.1) is 0 Å². The predicted octanol–water partition coefficient (Wildman–Crippen LogP) is 4.18. The number of hydrogen-bond acceptors (Lipinski definition) is 4. The number of ether oxygens (including phenoxy) is 2. The summed E-state index contributed by atoms with van der Waals surface area (Å²) in [6.07, 6.45) is 3.42. The van der Waals surface area contributed by atoms with Gasteiger partial charge in [0.2, 0.25) is 6.10 Å². The highest BCUT2D eigenvalue weighted by molar-refractivity contribution is 5.82. The van der Waals surface area contributed by atoms with Crippen molar-refractivity contribution in [1.29, 1.82) is 0 Å². The van der Waals surface area contributed by atoms with Crippen LogP contribution in [0.15, 0.2) is 48.5 Å². The van der Waals surface area contributed by atoms with Gasteiger partial charge in [0.1, 0.15) is 11.9 Å². The molecule has 6 heteroatoms. The summed E-state index contributed by atoms with van der Waals surface area (Å²) < 4.78 is 11.7. The Morgan fingerprint density at radius 3 is 2.50 bits per heavy atom.